The van der Waals surface area contributed by atoms with Crippen molar-refractivity contribution in [2.24, 2.45) is 0 Å². The van der Waals surface area contributed by atoms with Crippen LogP contribution >= 0.6 is 23.0 Å². The maximum absolute atomic E-state index is 5.62. The Balaban J connectivity index is 1.68. The Morgan fingerprint density at radius 1 is 0.947 bits per heavy atom. The van der Waals surface area contributed by atoms with Crippen molar-refractivity contribution in [2.75, 3.05) is 46.6 Å². The van der Waals surface area contributed by atoms with Crippen LogP contribution in [0.2, 0.25) is 0 Å². The summed E-state index contributed by atoms with van der Waals surface area (Å²) in [6.45, 7) is 6.14. The van der Waals surface area contributed by atoms with Crippen molar-refractivity contribution in [2.45, 2.75) is 44.6 Å². The zero-order valence-electron chi connectivity index (χ0n) is 12.1. The maximum atomic E-state index is 5.62. The van der Waals surface area contributed by atoms with Gasteiger partial charge >= 0.3 is 0 Å². The molecule has 0 N–H and O–H groups in total. The van der Waals surface area contributed by atoms with Crippen LogP contribution in [0, 0.1) is 0 Å². The van der Waals surface area contributed by atoms with E-state index in [1.807, 2.05) is 23.0 Å². The lowest BCUT2D eigenvalue weighted by Gasteiger charge is -2.38. The van der Waals surface area contributed by atoms with Gasteiger partial charge in [-0.15, -0.1) is 0 Å². The minimum Gasteiger partial charge on any atom is -0.381 e. The third kappa shape index (κ3) is 9.18. The van der Waals surface area contributed by atoms with E-state index in [0.717, 1.165) is 45.8 Å². The molecule has 0 aromatic carbocycles. The summed E-state index contributed by atoms with van der Waals surface area (Å²) in [5.74, 6) is 0. The lowest BCUT2D eigenvalue weighted by atomic mass is 10.1. The van der Waals surface area contributed by atoms with Gasteiger partial charge in [-0.2, -0.15) is 0 Å². The molecule has 1 rings (SSSR count). The molecule has 4 nitrogen and oxygen atoms in total. The molecule has 5 heteroatoms. The highest BCUT2D eigenvalue weighted by molar-refractivity contribution is 14.1. The van der Waals surface area contributed by atoms with E-state index >= 15 is 0 Å². The van der Waals surface area contributed by atoms with Crippen LogP contribution in [0.15, 0.2) is 0 Å². The molecule has 1 aliphatic rings. The summed E-state index contributed by atoms with van der Waals surface area (Å²) >= 11 is 1.95. The van der Waals surface area contributed by atoms with E-state index in [9.17, 15) is 0 Å². The Labute approximate surface area is 131 Å². The average molecular weight is 385 g/mol. The zero-order valence-corrected chi connectivity index (χ0v) is 14.3. The van der Waals surface area contributed by atoms with Gasteiger partial charge in [0.1, 0.15) is 23.0 Å². The summed E-state index contributed by atoms with van der Waals surface area (Å²) in [5.41, 5.74) is 0. The van der Waals surface area contributed by atoms with Crippen molar-refractivity contribution in [3.63, 3.8) is 0 Å². The fourth-order valence-corrected chi connectivity index (χ4v) is 2.52. The molecule has 0 radical (unpaired) electrons. The van der Waals surface area contributed by atoms with Crippen molar-refractivity contribution in [3.05, 3.63) is 0 Å². The molecule has 0 aromatic rings. The Bertz CT molecular complexity index is 201. The molecule has 1 aliphatic heterocycles. The monoisotopic (exact) mass is 385 g/mol. The van der Waals surface area contributed by atoms with Gasteiger partial charge < -0.3 is 12.5 Å². The molecule has 0 bridgehead atoms. The molecule has 0 amide bonds. The third-order valence-corrected chi connectivity index (χ3v) is 3.97. The Morgan fingerprint density at radius 3 is 2.21 bits per heavy atom. The van der Waals surface area contributed by atoms with Crippen molar-refractivity contribution in [1.82, 2.24) is 4.90 Å². The predicted octanol–water partition coefficient (Wildman–Crippen LogP) is 3.04. The van der Waals surface area contributed by atoms with Gasteiger partial charge in [0, 0.05) is 33.4 Å². The molecule has 0 aromatic heterocycles. The van der Waals surface area contributed by atoms with E-state index in [4.69, 9.17) is 12.5 Å². The summed E-state index contributed by atoms with van der Waals surface area (Å²) in [5, 5.41) is 0. The summed E-state index contributed by atoms with van der Waals surface area (Å²) in [6.07, 6.45) is 7.75. The fourth-order valence-electron chi connectivity index (χ4n) is 2.21. The van der Waals surface area contributed by atoms with Gasteiger partial charge in [0.25, 0.3) is 0 Å². The molecule has 0 aliphatic carbocycles. The van der Waals surface area contributed by atoms with E-state index in [2.05, 4.69) is 4.90 Å². The van der Waals surface area contributed by atoms with Crippen LogP contribution in [0.25, 0.3) is 0 Å². The van der Waals surface area contributed by atoms with Crippen LogP contribution in [0.4, 0.5) is 0 Å². The van der Waals surface area contributed by atoms with Crippen molar-refractivity contribution >= 4 is 23.0 Å². The first-order valence-corrected chi connectivity index (χ1v) is 8.31. The molecular weight excluding hydrogens is 357 g/mol. The second-order valence-corrected chi connectivity index (χ2v) is 5.79. The molecule has 0 unspecified atom stereocenters. The highest BCUT2D eigenvalue weighted by Gasteiger charge is 2.24. The van der Waals surface area contributed by atoms with E-state index in [1.54, 1.807) is 7.11 Å². The summed E-state index contributed by atoms with van der Waals surface area (Å²) in [7, 11) is 1.80. The smallest absolute Gasteiger partial charge is 0.109 e. The third-order valence-electron chi connectivity index (χ3n) is 3.53. The fraction of sp³-hybridized carbons (Fsp3) is 1.00. The lowest BCUT2D eigenvalue weighted by molar-refractivity contribution is -0.0298. The number of ether oxygens (including phenoxy) is 2. The lowest BCUT2D eigenvalue weighted by Crippen LogP contribution is -2.51. The number of hydrogen-bond acceptors (Lipinski definition) is 4. The van der Waals surface area contributed by atoms with E-state index in [0.29, 0.717) is 6.10 Å². The van der Waals surface area contributed by atoms with Gasteiger partial charge in [0.05, 0.1) is 12.7 Å². The SMILES string of the molecule is COC1CN(CCCCCOCCCCCOI)C1. The minimum atomic E-state index is 0.487. The van der Waals surface area contributed by atoms with Gasteiger partial charge in [-0.05, 0) is 45.1 Å². The van der Waals surface area contributed by atoms with Crippen molar-refractivity contribution in [1.29, 1.82) is 0 Å². The first-order chi connectivity index (χ1) is 9.36. The molecule has 19 heavy (non-hydrogen) atoms. The van der Waals surface area contributed by atoms with Gasteiger partial charge in [-0.25, -0.2) is 0 Å². The molecular formula is C14H28INO3. The van der Waals surface area contributed by atoms with Crippen molar-refractivity contribution < 1.29 is 12.5 Å². The normalized spacial score (nSPS) is 16.7. The summed E-state index contributed by atoms with van der Waals surface area (Å²) in [4.78, 5) is 2.46. The molecule has 114 valence electrons. The second kappa shape index (κ2) is 12.3. The van der Waals surface area contributed by atoms with Gasteiger partial charge in [-0.3, -0.25) is 4.90 Å². The quantitative estimate of drug-likeness (QED) is 0.360. The molecule has 1 fully saturated rings. The molecule has 0 atom stereocenters. The topological polar surface area (TPSA) is 30.9 Å². The van der Waals surface area contributed by atoms with Gasteiger partial charge in [0.2, 0.25) is 0 Å². The molecule has 0 spiro atoms. The van der Waals surface area contributed by atoms with Crippen LogP contribution in [0.5, 0.6) is 0 Å². The second-order valence-electron chi connectivity index (χ2n) is 5.16. The number of nitrogens with zero attached hydrogens (tertiary/aromatic N) is 1. The number of rotatable bonds is 13. The van der Waals surface area contributed by atoms with E-state index in [1.165, 1.54) is 32.2 Å². The Morgan fingerprint density at radius 2 is 1.58 bits per heavy atom. The standard InChI is InChI=1S/C14H28INO3/c1-17-14-12-16(13-14)8-4-2-5-9-18-10-6-3-7-11-19-15/h14H,2-13H2,1H3. The van der Waals surface area contributed by atoms with Gasteiger partial charge in [-0.1, -0.05) is 0 Å². The largest absolute Gasteiger partial charge is 0.381 e. The predicted molar refractivity (Wildman–Crippen MR) is 85.7 cm³/mol. The highest BCUT2D eigenvalue weighted by Crippen LogP contribution is 2.11. The average Bonchev–Trinajstić information content (AvgIpc) is 2.38. The summed E-state index contributed by atoms with van der Waals surface area (Å²) in [6, 6.07) is 0. The summed E-state index contributed by atoms with van der Waals surface area (Å²) < 4.78 is 15.9. The Kier molecular flexibility index (Phi) is 11.4. The maximum Gasteiger partial charge on any atom is 0.109 e. The first-order valence-electron chi connectivity index (χ1n) is 7.43. The van der Waals surface area contributed by atoms with Crippen molar-refractivity contribution in [3.8, 4) is 0 Å². The van der Waals surface area contributed by atoms with Crippen LogP contribution in [0.3, 0.4) is 0 Å². The first kappa shape index (κ1) is 17.6. The Hall–Kier alpha value is 0.570. The van der Waals surface area contributed by atoms with Crippen LogP contribution < -0.4 is 0 Å². The van der Waals surface area contributed by atoms with Crippen LogP contribution in [-0.4, -0.2) is 57.6 Å². The number of hydrogen-bond donors (Lipinski definition) is 0. The van der Waals surface area contributed by atoms with E-state index in [-0.39, 0.29) is 0 Å². The zero-order chi connectivity index (χ0) is 13.8. The number of unbranched alkanes of at least 4 members (excludes halogenated alkanes) is 4. The molecule has 0 saturated carbocycles. The number of halogens is 1. The van der Waals surface area contributed by atoms with Gasteiger partial charge in [0.15, 0.2) is 0 Å². The van der Waals surface area contributed by atoms with E-state index < -0.39 is 0 Å². The number of likely N-dealkylation sites (tertiary alicyclic amines) is 1. The molecule has 1 heterocycles. The minimum absolute atomic E-state index is 0.487. The van der Waals surface area contributed by atoms with Crippen LogP contribution in [-0.2, 0) is 12.5 Å². The molecule has 1 saturated heterocycles. The van der Waals surface area contributed by atoms with Crippen LogP contribution in [0.1, 0.15) is 38.5 Å². The highest BCUT2D eigenvalue weighted by atomic mass is 127. The number of methoxy groups -OCH3 is 1.